The maximum Gasteiger partial charge on any atom is 0.126 e. The molecule has 1 aliphatic heterocycles. The van der Waals surface area contributed by atoms with Crippen molar-refractivity contribution in [1.29, 1.82) is 5.26 Å². The molecular formula is C25H21FN4. The van der Waals surface area contributed by atoms with Gasteiger partial charge >= 0.3 is 0 Å². The summed E-state index contributed by atoms with van der Waals surface area (Å²) >= 11 is 0. The average molecular weight is 396 g/mol. The summed E-state index contributed by atoms with van der Waals surface area (Å²) in [6, 6.07) is 18.5. The van der Waals surface area contributed by atoms with Crippen molar-refractivity contribution in [2.24, 2.45) is 0 Å². The Morgan fingerprint density at radius 1 is 0.967 bits per heavy atom. The summed E-state index contributed by atoms with van der Waals surface area (Å²) in [6.45, 7) is 1.88. The number of hydrogen-bond acceptors (Lipinski definition) is 4. The van der Waals surface area contributed by atoms with E-state index in [2.05, 4.69) is 11.0 Å². The number of hydrogen-bond donors (Lipinski definition) is 1. The number of aromatic nitrogens is 1. The van der Waals surface area contributed by atoms with E-state index in [1.807, 2.05) is 30.3 Å². The van der Waals surface area contributed by atoms with Gasteiger partial charge in [0, 0.05) is 40.9 Å². The smallest absolute Gasteiger partial charge is 0.126 e. The van der Waals surface area contributed by atoms with Crippen LogP contribution in [0, 0.1) is 17.1 Å². The van der Waals surface area contributed by atoms with Crippen molar-refractivity contribution < 1.29 is 4.39 Å². The van der Waals surface area contributed by atoms with E-state index in [4.69, 9.17) is 10.7 Å². The third kappa shape index (κ3) is 2.93. The van der Waals surface area contributed by atoms with Crippen LogP contribution in [-0.4, -0.2) is 18.1 Å². The molecule has 3 aromatic carbocycles. The predicted molar refractivity (Wildman–Crippen MR) is 120 cm³/mol. The lowest BCUT2D eigenvalue weighted by atomic mass is 9.89. The van der Waals surface area contributed by atoms with Gasteiger partial charge in [-0.1, -0.05) is 36.4 Å². The number of piperidine rings is 1. The predicted octanol–water partition coefficient (Wildman–Crippen LogP) is 5.64. The molecule has 2 heterocycles. The molecule has 0 aliphatic carbocycles. The van der Waals surface area contributed by atoms with Gasteiger partial charge in [-0.3, -0.25) is 0 Å². The molecule has 5 rings (SSSR count). The van der Waals surface area contributed by atoms with E-state index in [9.17, 15) is 9.65 Å². The van der Waals surface area contributed by atoms with Crippen LogP contribution in [0.15, 0.2) is 54.6 Å². The van der Waals surface area contributed by atoms with Crippen LogP contribution in [0.3, 0.4) is 0 Å². The van der Waals surface area contributed by atoms with Gasteiger partial charge in [0.25, 0.3) is 0 Å². The van der Waals surface area contributed by atoms with Crippen LogP contribution in [0.5, 0.6) is 0 Å². The highest BCUT2D eigenvalue weighted by Crippen LogP contribution is 2.43. The Kier molecular flexibility index (Phi) is 4.48. The van der Waals surface area contributed by atoms with Gasteiger partial charge in [-0.05, 0) is 37.0 Å². The summed E-state index contributed by atoms with van der Waals surface area (Å²) in [5, 5.41) is 12.8. The number of halogens is 1. The Hall–Kier alpha value is -3.65. The van der Waals surface area contributed by atoms with Gasteiger partial charge in [0.15, 0.2) is 0 Å². The number of fused-ring (bicyclic) bond motifs is 3. The Balaban J connectivity index is 1.98. The Morgan fingerprint density at radius 2 is 1.67 bits per heavy atom. The molecule has 0 unspecified atom stereocenters. The molecule has 0 bridgehead atoms. The lowest BCUT2D eigenvalue weighted by molar-refractivity contribution is 0.579. The van der Waals surface area contributed by atoms with Crippen molar-refractivity contribution >= 4 is 33.2 Å². The van der Waals surface area contributed by atoms with Gasteiger partial charge in [-0.25, -0.2) is 9.37 Å². The van der Waals surface area contributed by atoms with E-state index in [-0.39, 0.29) is 5.82 Å². The lowest BCUT2D eigenvalue weighted by Crippen LogP contribution is -2.29. The Labute approximate surface area is 174 Å². The van der Waals surface area contributed by atoms with Crippen molar-refractivity contribution in [3.8, 4) is 17.2 Å². The summed E-state index contributed by atoms with van der Waals surface area (Å²) in [5.74, 6) is 0.156. The first-order valence-corrected chi connectivity index (χ1v) is 10.2. The molecule has 0 saturated carbocycles. The average Bonchev–Trinajstić information content (AvgIpc) is 2.79. The maximum atomic E-state index is 13.7. The number of nitrogens with zero attached hydrogens (tertiary/aromatic N) is 3. The molecule has 1 aliphatic rings. The van der Waals surface area contributed by atoms with E-state index >= 15 is 0 Å². The summed E-state index contributed by atoms with van der Waals surface area (Å²) < 4.78 is 13.7. The second kappa shape index (κ2) is 7.31. The first-order chi connectivity index (χ1) is 14.7. The van der Waals surface area contributed by atoms with Crippen LogP contribution in [-0.2, 0) is 0 Å². The number of nitriles is 1. The summed E-state index contributed by atoms with van der Waals surface area (Å²) in [4.78, 5) is 7.05. The molecule has 0 atom stereocenters. The van der Waals surface area contributed by atoms with Crippen LogP contribution < -0.4 is 10.6 Å². The molecule has 148 valence electrons. The largest absolute Gasteiger partial charge is 0.384 e. The third-order valence-corrected chi connectivity index (χ3v) is 5.91. The van der Waals surface area contributed by atoms with E-state index in [1.54, 1.807) is 12.1 Å². The van der Waals surface area contributed by atoms with Gasteiger partial charge in [0.1, 0.15) is 17.7 Å². The molecule has 5 heteroatoms. The molecule has 0 amide bonds. The maximum absolute atomic E-state index is 13.7. The molecule has 0 spiro atoms. The summed E-state index contributed by atoms with van der Waals surface area (Å²) in [5.41, 5.74) is 10.2. The minimum atomic E-state index is -0.305. The Bertz CT molecular complexity index is 1300. The fourth-order valence-corrected chi connectivity index (χ4v) is 4.57. The third-order valence-electron chi connectivity index (χ3n) is 5.91. The van der Waals surface area contributed by atoms with E-state index in [0.717, 1.165) is 64.4 Å². The number of rotatable bonds is 2. The van der Waals surface area contributed by atoms with Crippen LogP contribution in [0.4, 0.5) is 15.9 Å². The molecule has 1 fully saturated rings. The SMILES string of the molecule is N#Cc1c(-c2ccc(F)cc2)c2c(N3CCCCC3)cc(N)nc2c2ccccc12. The number of benzene rings is 3. The fraction of sp³-hybridized carbons (Fsp3) is 0.200. The quantitative estimate of drug-likeness (QED) is 0.445. The van der Waals surface area contributed by atoms with Crippen LogP contribution >= 0.6 is 0 Å². The van der Waals surface area contributed by atoms with Gasteiger partial charge in [-0.2, -0.15) is 5.26 Å². The first-order valence-electron chi connectivity index (χ1n) is 10.2. The monoisotopic (exact) mass is 396 g/mol. The van der Waals surface area contributed by atoms with Crippen molar-refractivity contribution in [2.75, 3.05) is 23.7 Å². The number of nitrogens with two attached hydrogens (primary N) is 1. The van der Waals surface area contributed by atoms with Gasteiger partial charge < -0.3 is 10.6 Å². The standard InChI is InChI=1S/C25H21FN4/c26-17-10-8-16(9-11-17)23-20(15-27)18-6-2-3-7-19(18)25-24(23)21(14-22(28)29-25)30-12-4-1-5-13-30/h2-3,6-11,14H,1,4-5,12-13H2,(H2,28,29). The molecule has 2 N–H and O–H groups in total. The Morgan fingerprint density at radius 3 is 2.37 bits per heavy atom. The van der Waals surface area contributed by atoms with Crippen LogP contribution in [0.2, 0.25) is 0 Å². The summed E-state index contributed by atoms with van der Waals surface area (Å²) in [6.07, 6.45) is 3.45. The second-order valence-electron chi connectivity index (χ2n) is 7.75. The molecule has 30 heavy (non-hydrogen) atoms. The zero-order valence-electron chi connectivity index (χ0n) is 16.5. The normalized spacial score (nSPS) is 14.2. The van der Waals surface area contributed by atoms with E-state index < -0.39 is 0 Å². The van der Waals surface area contributed by atoms with Crippen LogP contribution in [0.25, 0.3) is 32.8 Å². The highest BCUT2D eigenvalue weighted by molar-refractivity contribution is 6.19. The molecule has 1 aromatic heterocycles. The molecule has 4 nitrogen and oxygen atoms in total. The van der Waals surface area contributed by atoms with Crippen LogP contribution in [0.1, 0.15) is 24.8 Å². The van der Waals surface area contributed by atoms with E-state index in [1.165, 1.54) is 18.6 Å². The zero-order chi connectivity index (χ0) is 20.7. The zero-order valence-corrected chi connectivity index (χ0v) is 16.5. The van der Waals surface area contributed by atoms with Gasteiger partial charge in [-0.15, -0.1) is 0 Å². The minimum Gasteiger partial charge on any atom is -0.384 e. The first kappa shape index (κ1) is 18.4. The molecule has 1 saturated heterocycles. The topological polar surface area (TPSA) is 65.9 Å². The number of nitrogen functional groups attached to an aromatic ring is 1. The number of anilines is 2. The highest BCUT2D eigenvalue weighted by atomic mass is 19.1. The fourth-order valence-electron chi connectivity index (χ4n) is 4.57. The highest BCUT2D eigenvalue weighted by Gasteiger charge is 2.23. The molecule has 0 radical (unpaired) electrons. The molecule has 4 aromatic rings. The second-order valence-corrected chi connectivity index (χ2v) is 7.75. The molecular weight excluding hydrogens is 375 g/mol. The van der Waals surface area contributed by atoms with E-state index in [0.29, 0.717) is 11.4 Å². The minimum absolute atomic E-state index is 0.305. The van der Waals surface area contributed by atoms with Crippen molar-refractivity contribution in [3.63, 3.8) is 0 Å². The van der Waals surface area contributed by atoms with Crippen molar-refractivity contribution in [2.45, 2.75) is 19.3 Å². The lowest BCUT2D eigenvalue weighted by Gasteiger charge is -2.31. The number of pyridine rings is 1. The van der Waals surface area contributed by atoms with Crippen molar-refractivity contribution in [1.82, 2.24) is 4.98 Å². The van der Waals surface area contributed by atoms with Crippen molar-refractivity contribution in [3.05, 3.63) is 66.0 Å². The summed E-state index contributed by atoms with van der Waals surface area (Å²) in [7, 11) is 0. The van der Waals surface area contributed by atoms with Gasteiger partial charge in [0.05, 0.1) is 16.8 Å². The van der Waals surface area contributed by atoms with Gasteiger partial charge in [0.2, 0.25) is 0 Å².